The topological polar surface area (TPSA) is 50.8 Å². The first-order chi connectivity index (χ1) is 11.5. The Hall–Kier alpha value is -1.56. The van der Waals surface area contributed by atoms with Crippen molar-refractivity contribution in [3.63, 3.8) is 0 Å². The van der Waals surface area contributed by atoms with Crippen molar-refractivity contribution in [3.05, 3.63) is 40.6 Å². The molecule has 4 aliphatic rings. The molecule has 5 heteroatoms. The molecule has 24 heavy (non-hydrogen) atoms. The Morgan fingerprint density at radius 2 is 2.12 bits per heavy atom. The van der Waals surface area contributed by atoms with Crippen LogP contribution in [0.2, 0.25) is 0 Å². The van der Waals surface area contributed by atoms with Gasteiger partial charge in [-0.25, -0.2) is 0 Å². The molecule has 128 valence electrons. The second-order valence-electron chi connectivity index (χ2n) is 7.74. The lowest BCUT2D eigenvalue weighted by Crippen LogP contribution is -2.69. The summed E-state index contributed by atoms with van der Waals surface area (Å²) in [4.78, 5) is 0. The van der Waals surface area contributed by atoms with E-state index in [4.69, 9.17) is 14.2 Å². The standard InChI is InChI=1S/C19H23NO4/c1-20(21)9-8-19-12-5-7-15(23-3)18(19)24-17-14(22-2)6-4-11(16(17)19)10-13(12)20/h4-7,12-13,15,18H,8-10H2,1-3H3/t12?,13?,15-,18-,19-,20+/m0/s1. The summed E-state index contributed by atoms with van der Waals surface area (Å²) in [7, 11) is 5.24. The number of rotatable bonds is 2. The summed E-state index contributed by atoms with van der Waals surface area (Å²) in [6, 6.07) is 4.15. The molecular formula is C19H23NO4. The van der Waals surface area contributed by atoms with Crippen molar-refractivity contribution in [3.8, 4) is 11.5 Å². The summed E-state index contributed by atoms with van der Waals surface area (Å²) < 4.78 is 17.6. The number of methoxy groups -OCH3 is 2. The summed E-state index contributed by atoms with van der Waals surface area (Å²) >= 11 is 0. The molecule has 1 spiro atoms. The van der Waals surface area contributed by atoms with Gasteiger partial charge in [0.2, 0.25) is 0 Å². The molecule has 2 bridgehead atoms. The molecule has 2 unspecified atom stereocenters. The fourth-order valence-electron chi connectivity index (χ4n) is 5.72. The zero-order chi connectivity index (χ0) is 16.7. The van der Waals surface area contributed by atoms with Crippen LogP contribution in [0.4, 0.5) is 0 Å². The third-order valence-corrected chi connectivity index (χ3v) is 6.83. The third kappa shape index (κ3) is 1.51. The van der Waals surface area contributed by atoms with Gasteiger partial charge in [-0.3, -0.25) is 0 Å². The van der Waals surface area contributed by atoms with Gasteiger partial charge in [-0.05, 0) is 11.6 Å². The Morgan fingerprint density at radius 1 is 1.29 bits per heavy atom. The van der Waals surface area contributed by atoms with Gasteiger partial charge in [0.05, 0.1) is 32.2 Å². The van der Waals surface area contributed by atoms with Gasteiger partial charge in [0, 0.05) is 31.4 Å². The van der Waals surface area contributed by atoms with Crippen LogP contribution >= 0.6 is 0 Å². The summed E-state index contributed by atoms with van der Waals surface area (Å²) in [5.74, 6) is 1.86. The van der Waals surface area contributed by atoms with Gasteiger partial charge in [-0.2, -0.15) is 0 Å². The number of benzene rings is 1. The minimum absolute atomic E-state index is 0.0470. The van der Waals surface area contributed by atoms with Crippen LogP contribution in [-0.4, -0.2) is 50.7 Å². The zero-order valence-electron chi connectivity index (χ0n) is 14.3. The van der Waals surface area contributed by atoms with Crippen LogP contribution in [0, 0.1) is 11.1 Å². The number of quaternary nitrogens is 1. The molecule has 0 saturated carbocycles. The van der Waals surface area contributed by atoms with Crippen LogP contribution in [0.15, 0.2) is 24.3 Å². The Kier molecular flexibility index (Phi) is 2.79. The first-order valence-electron chi connectivity index (χ1n) is 8.67. The lowest BCUT2D eigenvalue weighted by Gasteiger charge is -2.61. The highest BCUT2D eigenvalue weighted by atomic mass is 16.6. The van der Waals surface area contributed by atoms with Gasteiger partial charge < -0.3 is 24.1 Å². The number of hydroxylamine groups is 3. The van der Waals surface area contributed by atoms with Crippen LogP contribution in [-0.2, 0) is 16.6 Å². The molecule has 2 heterocycles. The van der Waals surface area contributed by atoms with Crippen molar-refractivity contribution in [2.45, 2.75) is 36.5 Å². The maximum Gasteiger partial charge on any atom is 0.165 e. The predicted molar refractivity (Wildman–Crippen MR) is 89.0 cm³/mol. The first-order valence-corrected chi connectivity index (χ1v) is 8.67. The third-order valence-electron chi connectivity index (χ3n) is 6.83. The summed E-state index contributed by atoms with van der Waals surface area (Å²) in [5, 5.41) is 13.1. The second kappa shape index (κ2) is 4.54. The van der Waals surface area contributed by atoms with E-state index >= 15 is 0 Å². The van der Waals surface area contributed by atoms with E-state index in [0.717, 1.165) is 24.3 Å². The number of likely N-dealkylation sites (N-methyl/N-ethyl adjacent to an activating group) is 1. The molecule has 2 aliphatic heterocycles. The minimum atomic E-state index is -0.165. The molecule has 0 radical (unpaired) electrons. The van der Waals surface area contributed by atoms with E-state index in [-0.39, 0.29) is 34.2 Å². The molecule has 1 aromatic rings. The van der Waals surface area contributed by atoms with Gasteiger partial charge in [-0.15, -0.1) is 0 Å². The largest absolute Gasteiger partial charge is 0.633 e. The lowest BCUT2D eigenvalue weighted by atomic mass is 9.53. The summed E-state index contributed by atoms with van der Waals surface area (Å²) in [5.41, 5.74) is 2.37. The molecule has 1 fully saturated rings. The number of hydrogen-bond acceptors (Lipinski definition) is 4. The highest BCUT2D eigenvalue weighted by molar-refractivity contribution is 5.61. The van der Waals surface area contributed by atoms with E-state index in [1.54, 1.807) is 14.2 Å². The molecule has 1 aromatic carbocycles. The van der Waals surface area contributed by atoms with Gasteiger partial charge in [0.15, 0.2) is 11.5 Å². The van der Waals surface area contributed by atoms with Crippen LogP contribution in [0.3, 0.4) is 0 Å². The fourth-order valence-corrected chi connectivity index (χ4v) is 5.72. The smallest absolute Gasteiger partial charge is 0.165 e. The SMILES string of the molecule is COc1ccc2c3c1O[C@H]1[C@@H](OC)C=CC4C(C2)[N@+](C)([O-])CC[C@@]341. The van der Waals surface area contributed by atoms with E-state index in [1.165, 1.54) is 11.1 Å². The Morgan fingerprint density at radius 3 is 2.88 bits per heavy atom. The number of hydrogen-bond donors (Lipinski definition) is 0. The second-order valence-corrected chi connectivity index (χ2v) is 7.74. The minimum Gasteiger partial charge on any atom is -0.633 e. The van der Waals surface area contributed by atoms with E-state index in [2.05, 4.69) is 18.2 Å². The zero-order valence-corrected chi connectivity index (χ0v) is 14.3. The molecule has 5 nitrogen and oxygen atoms in total. The van der Waals surface area contributed by atoms with Crippen LogP contribution < -0.4 is 9.47 Å². The van der Waals surface area contributed by atoms with Crippen LogP contribution in [0.5, 0.6) is 11.5 Å². The molecule has 2 aliphatic carbocycles. The maximum absolute atomic E-state index is 13.1. The quantitative estimate of drug-likeness (QED) is 0.474. The number of likely N-dealkylation sites (tertiary alicyclic amines) is 1. The van der Waals surface area contributed by atoms with Crippen LogP contribution in [0.25, 0.3) is 0 Å². The fraction of sp³-hybridized carbons (Fsp3) is 0.579. The first kappa shape index (κ1) is 14.8. The van der Waals surface area contributed by atoms with Crippen molar-refractivity contribution in [1.82, 2.24) is 0 Å². The number of ether oxygens (including phenoxy) is 3. The van der Waals surface area contributed by atoms with Crippen molar-refractivity contribution in [2.75, 3.05) is 27.8 Å². The van der Waals surface area contributed by atoms with Crippen LogP contribution in [0.1, 0.15) is 17.5 Å². The van der Waals surface area contributed by atoms with Gasteiger partial charge >= 0.3 is 0 Å². The Labute approximate surface area is 142 Å². The average Bonchev–Trinajstić information content (AvgIpc) is 2.93. The highest BCUT2D eigenvalue weighted by Gasteiger charge is 2.67. The Bertz CT molecular complexity index is 743. The predicted octanol–water partition coefficient (Wildman–Crippen LogP) is 2.17. The molecular weight excluding hydrogens is 306 g/mol. The van der Waals surface area contributed by atoms with E-state index < -0.39 is 0 Å². The van der Waals surface area contributed by atoms with Gasteiger partial charge in [-0.1, -0.05) is 18.2 Å². The van der Waals surface area contributed by atoms with Gasteiger partial charge in [0.1, 0.15) is 12.2 Å². The molecule has 1 saturated heterocycles. The highest BCUT2D eigenvalue weighted by Crippen LogP contribution is 2.63. The maximum atomic E-state index is 13.1. The monoisotopic (exact) mass is 329 g/mol. The number of piperidine rings is 1. The van der Waals surface area contributed by atoms with E-state index in [0.29, 0.717) is 6.54 Å². The van der Waals surface area contributed by atoms with Gasteiger partial charge in [0.25, 0.3) is 0 Å². The summed E-state index contributed by atoms with van der Waals surface area (Å²) in [6.07, 6.45) is 5.78. The summed E-state index contributed by atoms with van der Waals surface area (Å²) in [6.45, 7) is 0.626. The molecule has 0 amide bonds. The molecule has 5 rings (SSSR count). The van der Waals surface area contributed by atoms with Crippen molar-refractivity contribution in [1.29, 1.82) is 0 Å². The molecule has 0 aromatic heterocycles. The van der Waals surface area contributed by atoms with E-state index in [1.807, 2.05) is 13.1 Å². The van der Waals surface area contributed by atoms with Crippen molar-refractivity contribution < 1.29 is 18.9 Å². The molecule has 6 atom stereocenters. The Balaban J connectivity index is 1.80. The average molecular weight is 329 g/mol. The normalized spacial score (nSPS) is 44.0. The number of nitrogens with zero attached hydrogens (tertiary/aromatic N) is 1. The molecule has 0 N–H and O–H groups in total. The van der Waals surface area contributed by atoms with Crippen molar-refractivity contribution in [2.24, 2.45) is 5.92 Å². The lowest BCUT2D eigenvalue weighted by molar-refractivity contribution is -0.898. The van der Waals surface area contributed by atoms with Crippen molar-refractivity contribution >= 4 is 0 Å². The van der Waals surface area contributed by atoms with E-state index in [9.17, 15) is 5.21 Å².